The van der Waals surface area contributed by atoms with Crippen molar-refractivity contribution in [2.24, 2.45) is 0 Å². The van der Waals surface area contributed by atoms with E-state index in [2.05, 4.69) is 43.3 Å². The molecule has 6 nitrogen and oxygen atoms in total. The normalized spacial score (nSPS) is 14.9. The average Bonchev–Trinajstić information content (AvgIpc) is 3.25. The summed E-state index contributed by atoms with van der Waals surface area (Å²) in [6.45, 7) is 4.84. The largest absolute Gasteiger partial charge is 0.497 e. The van der Waals surface area contributed by atoms with Crippen LogP contribution in [-0.4, -0.2) is 53.1 Å². The molecule has 1 fully saturated rings. The Labute approximate surface area is 179 Å². The fourth-order valence-corrected chi connectivity index (χ4v) is 4.86. The Morgan fingerprint density at radius 3 is 2.60 bits per heavy atom. The van der Waals surface area contributed by atoms with E-state index in [9.17, 15) is 0 Å². The summed E-state index contributed by atoms with van der Waals surface area (Å²) in [5.74, 6) is 1.90. The molecule has 0 saturated carbocycles. The average molecular weight is 418 g/mol. The van der Waals surface area contributed by atoms with Crippen molar-refractivity contribution in [3.05, 3.63) is 66.1 Å². The van der Waals surface area contributed by atoms with Crippen LogP contribution in [0.25, 0.3) is 21.3 Å². The Bertz CT molecular complexity index is 1120. The molecule has 1 saturated heterocycles. The van der Waals surface area contributed by atoms with Crippen LogP contribution in [0.5, 0.6) is 5.75 Å². The van der Waals surface area contributed by atoms with E-state index in [0.29, 0.717) is 0 Å². The van der Waals surface area contributed by atoms with Crippen LogP contribution in [0.15, 0.2) is 60.5 Å². The van der Waals surface area contributed by atoms with Crippen molar-refractivity contribution < 1.29 is 4.74 Å². The van der Waals surface area contributed by atoms with E-state index < -0.39 is 0 Å². The van der Waals surface area contributed by atoms with Gasteiger partial charge in [-0.15, -0.1) is 11.3 Å². The highest BCUT2D eigenvalue weighted by molar-refractivity contribution is 7.17. The number of benzene rings is 1. The molecule has 0 unspecified atom stereocenters. The van der Waals surface area contributed by atoms with Crippen LogP contribution in [0.1, 0.15) is 5.56 Å². The molecule has 1 aliphatic rings. The first-order valence-electron chi connectivity index (χ1n) is 10.0. The number of fused-ring (bicyclic) bond motifs is 1. The first kappa shape index (κ1) is 19.0. The molecular formula is C23H23N5OS. The molecule has 1 aliphatic heterocycles. The highest BCUT2D eigenvalue weighted by Gasteiger charge is 2.22. The zero-order valence-electron chi connectivity index (χ0n) is 16.9. The molecule has 0 spiro atoms. The molecule has 0 N–H and O–H groups in total. The standard InChI is InChI=1S/C23H23N5OS/c1-29-19-6-4-18(5-7-19)20-15-30-23-21(20)22(25-16-26-23)28-11-9-27(10-12-28)14-17-3-2-8-24-13-17/h2-8,13,15-16H,9-12,14H2,1H3. The summed E-state index contributed by atoms with van der Waals surface area (Å²) in [6, 6.07) is 12.3. The highest BCUT2D eigenvalue weighted by atomic mass is 32.1. The van der Waals surface area contributed by atoms with Crippen LogP contribution < -0.4 is 9.64 Å². The lowest BCUT2D eigenvalue weighted by atomic mass is 10.1. The van der Waals surface area contributed by atoms with Gasteiger partial charge in [0.25, 0.3) is 0 Å². The zero-order valence-corrected chi connectivity index (χ0v) is 17.7. The number of piperazine rings is 1. The summed E-state index contributed by atoms with van der Waals surface area (Å²) in [5.41, 5.74) is 3.61. The minimum absolute atomic E-state index is 0.861. The number of hydrogen-bond acceptors (Lipinski definition) is 7. The van der Waals surface area contributed by atoms with Gasteiger partial charge in [0.05, 0.1) is 12.5 Å². The van der Waals surface area contributed by atoms with Gasteiger partial charge in [0.15, 0.2) is 0 Å². The molecule has 30 heavy (non-hydrogen) atoms. The Morgan fingerprint density at radius 1 is 1.03 bits per heavy atom. The predicted molar refractivity (Wildman–Crippen MR) is 121 cm³/mol. The Hall–Kier alpha value is -3.03. The molecule has 0 amide bonds. The molecule has 4 aromatic rings. The van der Waals surface area contributed by atoms with Crippen molar-refractivity contribution >= 4 is 27.4 Å². The third-order valence-electron chi connectivity index (χ3n) is 5.55. The van der Waals surface area contributed by atoms with E-state index in [-0.39, 0.29) is 0 Å². The van der Waals surface area contributed by atoms with E-state index in [1.54, 1.807) is 24.8 Å². The first-order valence-corrected chi connectivity index (χ1v) is 10.9. The van der Waals surface area contributed by atoms with E-state index in [4.69, 9.17) is 9.72 Å². The van der Waals surface area contributed by atoms with Gasteiger partial charge < -0.3 is 9.64 Å². The van der Waals surface area contributed by atoms with Gasteiger partial charge in [-0.2, -0.15) is 0 Å². The number of anilines is 1. The highest BCUT2D eigenvalue weighted by Crippen LogP contribution is 2.38. The van der Waals surface area contributed by atoms with Gasteiger partial charge in [-0.25, -0.2) is 9.97 Å². The third-order valence-corrected chi connectivity index (χ3v) is 6.44. The number of ether oxygens (including phenoxy) is 1. The summed E-state index contributed by atoms with van der Waals surface area (Å²) in [7, 11) is 1.69. The molecule has 3 aromatic heterocycles. The summed E-state index contributed by atoms with van der Waals surface area (Å²) in [5, 5.41) is 3.33. The smallest absolute Gasteiger partial charge is 0.141 e. The van der Waals surface area contributed by atoms with Crippen molar-refractivity contribution in [2.45, 2.75) is 6.54 Å². The lowest BCUT2D eigenvalue weighted by molar-refractivity contribution is 0.249. The van der Waals surface area contributed by atoms with Gasteiger partial charge in [-0.1, -0.05) is 18.2 Å². The van der Waals surface area contributed by atoms with Gasteiger partial charge in [-0.3, -0.25) is 9.88 Å². The predicted octanol–water partition coefficient (Wildman–Crippen LogP) is 4.08. The van der Waals surface area contributed by atoms with Crippen LogP contribution in [-0.2, 0) is 6.54 Å². The van der Waals surface area contributed by atoms with Crippen LogP contribution in [0.2, 0.25) is 0 Å². The molecule has 0 bridgehead atoms. The molecule has 152 valence electrons. The fourth-order valence-electron chi connectivity index (χ4n) is 3.95. The number of pyridine rings is 1. The minimum atomic E-state index is 0.861. The van der Waals surface area contributed by atoms with Gasteiger partial charge >= 0.3 is 0 Å². The van der Waals surface area contributed by atoms with Gasteiger partial charge in [0.2, 0.25) is 0 Å². The number of hydrogen-bond donors (Lipinski definition) is 0. The molecular weight excluding hydrogens is 394 g/mol. The van der Waals surface area contributed by atoms with Crippen molar-refractivity contribution in [1.29, 1.82) is 0 Å². The van der Waals surface area contributed by atoms with E-state index in [0.717, 1.165) is 60.1 Å². The van der Waals surface area contributed by atoms with E-state index in [1.807, 2.05) is 30.6 Å². The van der Waals surface area contributed by atoms with Gasteiger partial charge in [-0.05, 0) is 29.3 Å². The Kier molecular flexibility index (Phi) is 5.29. The SMILES string of the molecule is COc1ccc(-c2csc3ncnc(N4CCN(Cc5cccnc5)CC4)c23)cc1. The summed E-state index contributed by atoms with van der Waals surface area (Å²) in [6.07, 6.45) is 5.46. The van der Waals surface area contributed by atoms with Crippen molar-refractivity contribution in [1.82, 2.24) is 19.9 Å². The maximum Gasteiger partial charge on any atom is 0.141 e. The zero-order chi connectivity index (χ0) is 20.3. The maximum absolute atomic E-state index is 5.31. The lowest BCUT2D eigenvalue weighted by Gasteiger charge is -2.35. The number of methoxy groups -OCH3 is 1. The number of rotatable bonds is 5. The van der Waals surface area contributed by atoms with Crippen LogP contribution in [0, 0.1) is 0 Å². The Balaban J connectivity index is 1.39. The second-order valence-electron chi connectivity index (χ2n) is 7.38. The van der Waals surface area contributed by atoms with Gasteiger partial charge in [0, 0.05) is 56.1 Å². The molecule has 7 heteroatoms. The summed E-state index contributed by atoms with van der Waals surface area (Å²) < 4.78 is 5.31. The van der Waals surface area contributed by atoms with Gasteiger partial charge in [0.1, 0.15) is 22.7 Å². The van der Waals surface area contributed by atoms with Crippen molar-refractivity contribution in [2.75, 3.05) is 38.2 Å². The maximum atomic E-state index is 5.31. The second-order valence-corrected chi connectivity index (χ2v) is 8.24. The topological polar surface area (TPSA) is 54.4 Å². The first-order chi connectivity index (χ1) is 14.8. The van der Waals surface area contributed by atoms with Crippen LogP contribution in [0.4, 0.5) is 5.82 Å². The fraction of sp³-hybridized carbons (Fsp3) is 0.261. The quantitative estimate of drug-likeness (QED) is 0.488. The summed E-state index contributed by atoms with van der Waals surface area (Å²) >= 11 is 1.67. The van der Waals surface area contributed by atoms with Crippen molar-refractivity contribution in [3.8, 4) is 16.9 Å². The number of thiophene rings is 1. The monoisotopic (exact) mass is 417 g/mol. The molecule has 0 radical (unpaired) electrons. The molecule has 5 rings (SSSR count). The minimum Gasteiger partial charge on any atom is -0.497 e. The number of nitrogens with zero attached hydrogens (tertiary/aromatic N) is 5. The third kappa shape index (κ3) is 3.74. The molecule has 0 atom stereocenters. The summed E-state index contributed by atoms with van der Waals surface area (Å²) in [4.78, 5) is 19.4. The molecule has 0 aliphatic carbocycles. The van der Waals surface area contributed by atoms with Crippen molar-refractivity contribution in [3.63, 3.8) is 0 Å². The number of aromatic nitrogens is 3. The van der Waals surface area contributed by atoms with Crippen LogP contribution in [0.3, 0.4) is 0 Å². The lowest BCUT2D eigenvalue weighted by Crippen LogP contribution is -2.46. The van der Waals surface area contributed by atoms with Crippen LogP contribution >= 0.6 is 11.3 Å². The Morgan fingerprint density at radius 2 is 1.87 bits per heavy atom. The second kappa shape index (κ2) is 8.38. The molecule has 1 aromatic carbocycles. The van der Waals surface area contributed by atoms with E-state index >= 15 is 0 Å². The van der Waals surface area contributed by atoms with E-state index in [1.165, 1.54) is 11.1 Å². The molecule has 4 heterocycles.